The quantitative estimate of drug-likeness (QED) is 0.872. The summed E-state index contributed by atoms with van der Waals surface area (Å²) in [6.07, 6.45) is 5.91. The van der Waals surface area contributed by atoms with Gasteiger partial charge in [-0.15, -0.1) is 0 Å². The summed E-state index contributed by atoms with van der Waals surface area (Å²) in [5.74, 6) is -1.33. The van der Waals surface area contributed by atoms with Crippen LogP contribution in [0.1, 0.15) is 46.5 Å². The Morgan fingerprint density at radius 1 is 1.29 bits per heavy atom. The van der Waals surface area contributed by atoms with E-state index in [2.05, 4.69) is 15.2 Å². The second-order valence-electron chi connectivity index (χ2n) is 5.70. The Morgan fingerprint density at radius 2 is 2.14 bits per heavy atom. The molecule has 2 fully saturated rings. The van der Waals surface area contributed by atoms with Crippen molar-refractivity contribution in [1.29, 1.82) is 0 Å². The van der Waals surface area contributed by atoms with Gasteiger partial charge in [0, 0.05) is 30.4 Å². The summed E-state index contributed by atoms with van der Waals surface area (Å²) in [5, 5.41) is 12.0. The van der Waals surface area contributed by atoms with Crippen LogP contribution in [0.4, 0.5) is 0 Å². The number of nitrogens with zero attached hydrogens (tertiary/aromatic N) is 2. The van der Waals surface area contributed by atoms with Gasteiger partial charge in [0.1, 0.15) is 5.69 Å². The second-order valence-corrected chi connectivity index (χ2v) is 5.70. The highest BCUT2D eigenvalue weighted by molar-refractivity contribution is 5.96. The first-order chi connectivity index (χ1) is 10.1. The maximum absolute atomic E-state index is 12.3. The van der Waals surface area contributed by atoms with Crippen LogP contribution in [0.5, 0.6) is 0 Å². The van der Waals surface area contributed by atoms with Crippen LogP contribution < -0.4 is 5.32 Å². The van der Waals surface area contributed by atoms with E-state index in [0.29, 0.717) is 11.6 Å². The molecule has 2 atom stereocenters. The predicted octanol–water partition coefficient (Wildman–Crippen LogP) is 1.14. The fourth-order valence-electron chi connectivity index (χ4n) is 3.36. The molecule has 3 rings (SSSR count). The molecule has 0 bridgehead atoms. The highest BCUT2D eigenvalue weighted by atomic mass is 16.4. The third kappa shape index (κ3) is 2.90. The van der Waals surface area contributed by atoms with Crippen molar-refractivity contribution in [3.05, 3.63) is 29.6 Å². The van der Waals surface area contributed by atoms with E-state index in [0.717, 1.165) is 25.9 Å². The van der Waals surface area contributed by atoms with E-state index in [1.807, 2.05) is 0 Å². The fraction of sp³-hybridized carbons (Fsp3) is 0.533. The van der Waals surface area contributed by atoms with Gasteiger partial charge in [0.15, 0.2) is 0 Å². The van der Waals surface area contributed by atoms with Crippen molar-refractivity contribution < 1.29 is 14.7 Å². The van der Waals surface area contributed by atoms with Crippen LogP contribution >= 0.6 is 0 Å². The monoisotopic (exact) mass is 289 g/mol. The van der Waals surface area contributed by atoms with Crippen molar-refractivity contribution in [2.24, 2.45) is 0 Å². The number of carbonyl (C=O) groups is 2. The number of fused-ring (bicyclic) bond motifs is 1. The Bertz CT molecular complexity index is 561. The van der Waals surface area contributed by atoms with Crippen LogP contribution in [-0.4, -0.2) is 52.0 Å². The van der Waals surface area contributed by atoms with Gasteiger partial charge in [-0.25, -0.2) is 9.78 Å². The molecule has 6 heteroatoms. The first-order valence-corrected chi connectivity index (χ1v) is 7.39. The molecule has 2 unspecified atom stereocenters. The van der Waals surface area contributed by atoms with E-state index in [4.69, 9.17) is 5.11 Å². The number of nitrogens with one attached hydrogen (secondary N) is 1. The minimum absolute atomic E-state index is 0.103. The molecule has 0 radical (unpaired) electrons. The van der Waals surface area contributed by atoms with E-state index in [9.17, 15) is 9.59 Å². The summed E-state index contributed by atoms with van der Waals surface area (Å²) in [6, 6.07) is 3.48. The van der Waals surface area contributed by atoms with Crippen LogP contribution in [0.3, 0.4) is 0 Å². The van der Waals surface area contributed by atoms with Gasteiger partial charge in [-0.05, 0) is 37.9 Å². The molecule has 2 aliphatic heterocycles. The average Bonchev–Trinajstić information content (AvgIpc) is 2.91. The molecule has 2 N–H and O–H groups in total. The second kappa shape index (κ2) is 5.81. The molecule has 3 heterocycles. The van der Waals surface area contributed by atoms with Crippen LogP contribution in [0.15, 0.2) is 18.3 Å². The molecule has 21 heavy (non-hydrogen) atoms. The third-order valence-electron chi connectivity index (χ3n) is 4.41. The Hall–Kier alpha value is -1.95. The molecule has 0 saturated carbocycles. The van der Waals surface area contributed by atoms with E-state index in [-0.39, 0.29) is 17.6 Å². The van der Waals surface area contributed by atoms with Gasteiger partial charge in [0.25, 0.3) is 5.91 Å². The van der Waals surface area contributed by atoms with Crippen LogP contribution in [0.25, 0.3) is 0 Å². The number of piperidine rings is 1. The number of aromatic nitrogens is 1. The molecule has 1 aromatic rings. The summed E-state index contributed by atoms with van der Waals surface area (Å²) in [7, 11) is 0. The summed E-state index contributed by atoms with van der Waals surface area (Å²) >= 11 is 0. The topological polar surface area (TPSA) is 82.5 Å². The largest absolute Gasteiger partial charge is 0.477 e. The third-order valence-corrected chi connectivity index (χ3v) is 4.41. The Morgan fingerprint density at radius 3 is 2.95 bits per heavy atom. The van der Waals surface area contributed by atoms with Gasteiger partial charge >= 0.3 is 5.97 Å². The fourth-order valence-corrected chi connectivity index (χ4v) is 3.36. The van der Waals surface area contributed by atoms with Crippen LogP contribution in [0.2, 0.25) is 0 Å². The molecule has 112 valence electrons. The lowest BCUT2D eigenvalue weighted by molar-refractivity contribution is 0.0690. The summed E-state index contributed by atoms with van der Waals surface area (Å²) in [4.78, 5) is 29.4. The standard InChI is InChI=1S/C15H19N3O3/c19-14(10-4-6-16-12(9-10)15(20)21)17-11-5-8-18-7-2-1-3-13(11)18/h4,6,9,11,13H,1-3,5,7-8H2,(H,17,19)(H,20,21). The van der Waals surface area contributed by atoms with Crippen LogP contribution in [0, 0.1) is 0 Å². The molecule has 1 amide bonds. The van der Waals surface area contributed by atoms with Crippen molar-refractivity contribution in [3.8, 4) is 0 Å². The summed E-state index contributed by atoms with van der Waals surface area (Å²) in [5.41, 5.74) is 0.255. The average molecular weight is 289 g/mol. The molecule has 6 nitrogen and oxygen atoms in total. The number of rotatable bonds is 3. The van der Waals surface area contributed by atoms with E-state index < -0.39 is 5.97 Å². The maximum atomic E-state index is 12.3. The lowest BCUT2D eigenvalue weighted by Gasteiger charge is -2.32. The van der Waals surface area contributed by atoms with E-state index in [1.165, 1.54) is 25.1 Å². The molecular formula is C15H19N3O3. The maximum Gasteiger partial charge on any atom is 0.354 e. The number of carbonyl (C=O) groups excluding carboxylic acids is 1. The number of amides is 1. The van der Waals surface area contributed by atoms with Crippen molar-refractivity contribution in [2.75, 3.05) is 13.1 Å². The van der Waals surface area contributed by atoms with Crippen LogP contribution in [-0.2, 0) is 0 Å². The molecule has 0 spiro atoms. The Kier molecular flexibility index (Phi) is 3.88. The highest BCUT2D eigenvalue weighted by Gasteiger charge is 2.36. The van der Waals surface area contributed by atoms with Crippen molar-refractivity contribution in [1.82, 2.24) is 15.2 Å². The van der Waals surface area contributed by atoms with Gasteiger partial charge in [-0.1, -0.05) is 6.42 Å². The lowest BCUT2D eigenvalue weighted by Crippen LogP contribution is -2.46. The zero-order valence-corrected chi connectivity index (χ0v) is 11.8. The van der Waals surface area contributed by atoms with Crippen molar-refractivity contribution in [2.45, 2.75) is 37.8 Å². The van der Waals surface area contributed by atoms with Gasteiger partial charge in [0.2, 0.25) is 0 Å². The van der Waals surface area contributed by atoms with Gasteiger partial charge in [0.05, 0.1) is 0 Å². The van der Waals surface area contributed by atoms with Gasteiger partial charge in [-0.3, -0.25) is 9.69 Å². The summed E-state index contributed by atoms with van der Waals surface area (Å²) < 4.78 is 0. The minimum atomic E-state index is -1.12. The Balaban J connectivity index is 1.69. The van der Waals surface area contributed by atoms with Crippen molar-refractivity contribution in [3.63, 3.8) is 0 Å². The Labute approximate surface area is 123 Å². The SMILES string of the molecule is O=C(NC1CCN2CCCCC12)c1ccnc(C(=O)O)c1. The first-order valence-electron chi connectivity index (χ1n) is 7.39. The molecule has 2 saturated heterocycles. The zero-order valence-electron chi connectivity index (χ0n) is 11.8. The van der Waals surface area contributed by atoms with Crippen molar-refractivity contribution >= 4 is 11.9 Å². The molecular weight excluding hydrogens is 270 g/mol. The predicted molar refractivity (Wildman–Crippen MR) is 76.3 cm³/mol. The number of pyridine rings is 1. The van der Waals surface area contributed by atoms with Gasteiger partial charge in [-0.2, -0.15) is 0 Å². The van der Waals surface area contributed by atoms with E-state index in [1.54, 1.807) is 6.07 Å². The molecule has 0 aromatic carbocycles. The molecule has 2 aliphatic rings. The zero-order chi connectivity index (χ0) is 14.8. The lowest BCUT2D eigenvalue weighted by atomic mass is 9.99. The number of carboxylic acid groups (broad SMARTS) is 1. The summed E-state index contributed by atoms with van der Waals surface area (Å²) in [6.45, 7) is 2.15. The van der Waals surface area contributed by atoms with E-state index >= 15 is 0 Å². The molecule has 0 aliphatic carbocycles. The minimum Gasteiger partial charge on any atom is -0.477 e. The molecule has 1 aromatic heterocycles. The number of carboxylic acids is 1. The first kappa shape index (κ1) is 14.0. The highest BCUT2D eigenvalue weighted by Crippen LogP contribution is 2.27. The number of hydrogen-bond acceptors (Lipinski definition) is 4. The number of hydrogen-bond donors (Lipinski definition) is 2. The van der Waals surface area contributed by atoms with Gasteiger partial charge < -0.3 is 10.4 Å². The smallest absolute Gasteiger partial charge is 0.354 e. The number of aromatic carboxylic acids is 1. The normalized spacial score (nSPS) is 25.3.